The number of anilines is 2. The molecule has 2 aromatic carbocycles. The second-order valence-electron chi connectivity index (χ2n) is 4.37. The van der Waals surface area contributed by atoms with Crippen LogP contribution in [0.3, 0.4) is 0 Å². The second kappa shape index (κ2) is 6.16. The van der Waals surface area contributed by atoms with Crippen molar-refractivity contribution >= 4 is 64.9 Å². The van der Waals surface area contributed by atoms with Crippen molar-refractivity contribution in [2.45, 2.75) is 11.8 Å². The van der Waals surface area contributed by atoms with Gasteiger partial charge >= 0.3 is 0 Å². The molecule has 4 nitrogen and oxygen atoms in total. The lowest BCUT2D eigenvalue weighted by atomic mass is 10.2. The van der Waals surface area contributed by atoms with E-state index in [1.807, 2.05) is 0 Å². The van der Waals surface area contributed by atoms with Crippen LogP contribution in [0.1, 0.15) is 5.56 Å². The molecule has 0 bridgehead atoms. The Kier molecular flexibility index (Phi) is 4.87. The summed E-state index contributed by atoms with van der Waals surface area (Å²) in [5, 5.41) is 0.127. The molecule has 112 valence electrons. The van der Waals surface area contributed by atoms with Gasteiger partial charge in [-0.25, -0.2) is 8.42 Å². The second-order valence-corrected chi connectivity index (χ2v) is 8.20. The molecule has 0 aliphatic carbocycles. The van der Waals surface area contributed by atoms with Crippen LogP contribution in [-0.4, -0.2) is 8.42 Å². The lowest BCUT2D eigenvalue weighted by Crippen LogP contribution is -2.14. The maximum absolute atomic E-state index is 12.4. The molecule has 0 heterocycles. The van der Waals surface area contributed by atoms with E-state index in [0.717, 1.165) is 10.0 Å². The summed E-state index contributed by atoms with van der Waals surface area (Å²) < 4.78 is 28.8. The Labute approximate surface area is 145 Å². The third-order valence-electron chi connectivity index (χ3n) is 2.79. The third-order valence-corrected chi connectivity index (χ3v) is 5.77. The van der Waals surface area contributed by atoms with Gasteiger partial charge in [-0.1, -0.05) is 27.5 Å². The number of nitrogens with two attached hydrogens (primary N) is 1. The molecule has 0 fully saturated rings. The van der Waals surface area contributed by atoms with E-state index >= 15 is 0 Å². The first kappa shape index (κ1) is 16.6. The van der Waals surface area contributed by atoms with E-state index < -0.39 is 10.0 Å². The van der Waals surface area contributed by atoms with Crippen LogP contribution in [-0.2, 0) is 10.0 Å². The predicted molar refractivity (Wildman–Crippen MR) is 93.3 cm³/mol. The van der Waals surface area contributed by atoms with Gasteiger partial charge in [-0.3, -0.25) is 4.72 Å². The molecule has 0 amide bonds. The normalized spacial score (nSPS) is 11.4. The molecule has 0 unspecified atom stereocenters. The highest BCUT2D eigenvalue weighted by atomic mass is 79.9. The number of hydrogen-bond acceptors (Lipinski definition) is 3. The van der Waals surface area contributed by atoms with Gasteiger partial charge in [-0.05, 0) is 58.7 Å². The number of aryl methyl sites for hydroxylation is 1. The van der Waals surface area contributed by atoms with Gasteiger partial charge in [0.05, 0.1) is 10.7 Å². The highest BCUT2D eigenvalue weighted by Gasteiger charge is 2.20. The fourth-order valence-electron chi connectivity index (χ4n) is 1.65. The number of nitrogens with one attached hydrogen (secondary N) is 1. The van der Waals surface area contributed by atoms with Gasteiger partial charge < -0.3 is 5.73 Å². The number of sulfonamides is 1. The minimum atomic E-state index is -3.83. The van der Waals surface area contributed by atoms with E-state index in [4.69, 9.17) is 17.3 Å². The van der Waals surface area contributed by atoms with Crippen LogP contribution < -0.4 is 10.5 Å². The summed E-state index contributed by atoms with van der Waals surface area (Å²) in [7, 11) is -3.83. The summed E-state index contributed by atoms with van der Waals surface area (Å²) in [6.07, 6.45) is 0. The summed E-state index contributed by atoms with van der Waals surface area (Å²) in [4.78, 5) is -0.0536. The molecule has 3 N–H and O–H groups in total. The van der Waals surface area contributed by atoms with Crippen LogP contribution in [0, 0.1) is 6.92 Å². The van der Waals surface area contributed by atoms with Gasteiger partial charge in [0.25, 0.3) is 10.0 Å². The molecular weight excluding hydrogens is 443 g/mol. The molecule has 0 spiro atoms. The van der Waals surface area contributed by atoms with Crippen molar-refractivity contribution in [1.82, 2.24) is 0 Å². The minimum Gasteiger partial charge on any atom is -0.398 e. The maximum atomic E-state index is 12.4. The molecule has 8 heteroatoms. The van der Waals surface area contributed by atoms with Crippen LogP contribution in [0.5, 0.6) is 0 Å². The Hall–Kier alpha value is -0.760. The monoisotopic (exact) mass is 452 g/mol. The van der Waals surface area contributed by atoms with E-state index in [9.17, 15) is 8.42 Å². The van der Waals surface area contributed by atoms with E-state index in [1.165, 1.54) is 12.1 Å². The van der Waals surface area contributed by atoms with Crippen LogP contribution in [0.2, 0.25) is 5.02 Å². The van der Waals surface area contributed by atoms with E-state index in [0.29, 0.717) is 15.8 Å². The first-order valence-electron chi connectivity index (χ1n) is 5.74. The standard InChI is InChI=1S/C13H11Br2ClN2O2S/c1-7-4-10(16)13(6-11(7)17)21(19,20)18-12-3-2-8(14)5-9(12)15/h2-6,18H,17H2,1H3. The fraction of sp³-hybridized carbons (Fsp3) is 0.0769. The Morgan fingerprint density at radius 3 is 2.48 bits per heavy atom. The number of halogens is 3. The van der Waals surface area contributed by atoms with Crippen molar-refractivity contribution in [2.24, 2.45) is 0 Å². The van der Waals surface area contributed by atoms with Gasteiger partial charge in [-0.2, -0.15) is 0 Å². The Morgan fingerprint density at radius 2 is 1.86 bits per heavy atom. The summed E-state index contributed by atoms with van der Waals surface area (Å²) in [5.41, 5.74) is 7.27. The summed E-state index contributed by atoms with van der Waals surface area (Å²) in [5.74, 6) is 0. The predicted octanol–water partition coefficient (Wildman–Crippen LogP) is 4.56. The Bertz CT molecular complexity index is 810. The number of nitrogen functional groups attached to an aromatic ring is 1. The van der Waals surface area contributed by atoms with Crippen LogP contribution in [0.4, 0.5) is 11.4 Å². The van der Waals surface area contributed by atoms with Crippen LogP contribution in [0.25, 0.3) is 0 Å². The van der Waals surface area contributed by atoms with Gasteiger partial charge in [0.1, 0.15) is 4.90 Å². The minimum absolute atomic E-state index is 0.0536. The molecule has 0 aliphatic heterocycles. The average molecular weight is 455 g/mol. The van der Waals surface area contributed by atoms with Crippen LogP contribution >= 0.6 is 43.5 Å². The Balaban J connectivity index is 2.46. The molecule has 21 heavy (non-hydrogen) atoms. The lowest BCUT2D eigenvalue weighted by molar-refractivity contribution is 0.601. The molecule has 0 atom stereocenters. The van der Waals surface area contributed by atoms with Gasteiger partial charge in [0.2, 0.25) is 0 Å². The zero-order chi connectivity index (χ0) is 15.8. The molecule has 0 saturated carbocycles. The van der Waals surface area contributed by atoms with Gasteiger partial charge in [-0.15, -0.1) is 0 Å². The summed E-state index contributed by atoms with van der Waals surface area (Å²) >= 11 is 12.6. The molecule has 0 radical (unpaired) electrons. The molecular formula is C13H11Br2ClN2O2S. The average Bonchev–Trinajstić information content (AvgIpc) is 2.37. The van der Waals surface area contributed by atoms with Crippen molar-refractivity contribution < 1.29 is 8.42 Å². The fourth-order valence-corrected chi connectivity index (χ4v) is 4.62. The number of hydrogen-bond donors (Lipinski definition) is 2. The maximum Gasteiger partial charge on any atom is 0.263 e. The number of rotatable bonds is 3. The van der Waals surface area contributed by atoms with E-state index in [2.05, 4.69) is 36.6 Å². The SMILES string of the molecule is Cc1cc(Cl)c(S(=O)(=O)Nc2ccc(Br)cc2Br)cc1N. The van der Waals surface area contributed by atoms with E-state index in [1.54, 1.807) is 25.1 Å². The smallest absolute Gasteiger partial charge is 0.263 e. The van der Waals surface area contributed by atoms with Crippen molar-refractivity contribution in [1.29, 1.82) is 0 Å². The molecule has 0 saturated heterocycles. The molecule has 2 rings (SSSR count). The van der Waals surface area contributed by atoms with Crippen molar-refractivity contribution in [2.75, 3.05) is 10.5 Å². The van der Waals surface area contributed by atoms with Crippen molar-refractivity contribution in [3.63, 3.8) is 0 Å². The third kappa shape index (κ3) is 3.71. The zero-order valence-electron chi connectivity index (χ0n) is 10.8. The molecule has 0 aromatic heterocycles. The first-order valence-corrected chi connectivity index (χ1v) is 9.19. The first-order chi connectivity index (χ1) is 9.70. The highest BCUT2D eigenvalue weighted by molar-refractivity contribution is 9.11. The van der Waals surface area contributed by atoms with Gasteiger partial charge in [0.15, 0.2) is 0 Å². The summed E-state index contributed by atoms with van der Waals surface area (Å²) in [6, 6.07) is 7.99. The van der Waals surface area contributed by atoms with Crippen molar-refractivity contribution in [3.8, 4) is 0 Å². The topological polar surface area (TPSA) is 72.2 Å². The van der Waals surface area contributed by atoms with Crippen molar-refractivity contribution in [3.05, 3.63) is 49.9 Å². The lowest BCUT2D eigenvalue weighted by Gasteiger charge is -2.12. The molecule has 2 aromatic rings. The molecule has 0 aliphatic rings. The van der Waals surface area contributed by atoms with E-state index in [-0.39, 0.29) is 9.92 Å². The Morgan fingerprint density at radius 1 is 1.19 bits per heavy atom. The zero-order valence-corrected chi connectivity index (χ0v) is 15.6. The van der Waals surface area contributed by atoms with Crippen LogP contribution in [0.15, 0.2) is 44.2 Å². The number of benzene rings is 2. The quantitative estimate of drug-likeness (QED) is 0.668. The highest BCUT2D eigenvalue weighted by Crippen LogP contribution is 2.31. The summed E-state index contributed by atoms with van der Waals surface area (Å²) in [6.45, 7) is 1.76. The van der Waals surface area contributed by atoms with Gasteiger partial charge in [0, 0.05) is 14.6 Å². The largest absolute Gasteiger partial charge is 0.398 e.